The van der Waals surface area contributed by atoms with Crippen molar-refractivity contribution in [1.82, 2.24) is 5.32 Å². The summed E-state index contributed by atoms with van der Waals surface area (Å²) in [7, 11) is 0. The number of ether oxygens (including phenoxy) is 2. The van der Waals surface area contributed by atoms with Crippen molar-refractivity contribution >= 4 is 17.8 Å². The van der Waals surface area contributed by atoms with Gasteiger partial charge in [0.05, 0.1) is 12.0 Å². The molecule has 2 aromatic carbocycles. The molecule has 7 heteroatoms. The van der Waals surface area contributed by atoms with E-state index in [9.17, 15) is 14.4 Å². The van der Waals surface area contributed by atoms with E-state index in [2.05, 4.69) is 5.32 Å². The monoisotopic (exact) mass is 383 g/mol. The predicted octanol–water partition coefficient (Wildman–Crippen LogP) is 2.42. The Morgan fingerprint density at radius 2 is 2.04 bits per heavy atom. The Morgan fingerprint density at radius 3 is 2.79 bits per heavy atom. The van der Waals surface area contributed by atoms with Gasteiger partial charge >= 0.3 is 11.9 Å². The number of hydrogen-bond acceptors (Lipinski definition) is 5. The molecule has 3 rings (SSSR count). The van der Waals surface area contributed by atoms with Gasteiger partial charge in [-0.1, -0.05) is 24.3 Å². The van der Waals surface area contributed by atoms with Gasteiger partial charge in [-0.05, 0) is 41.8 Å². The van der Waals surface area contributed by atoms with Crippen LogP contribution in [0, 0.1) is 6.92 Å². The average Bonchev–Trinajstić information content (AvgIpc) is 2.66. The molecular weight excluding hydrogens is 362 g/mol. The van der Waals surface area contributed by atoms with Gasteiger partial charge in [0.15, 0.2) is 6.61 Å². The molecule has 0 aliphatic carbocycles. The lowest BCUT2D eigenvalue weighted by molar-refractivity contribution is -0.137. The van der Waals surface area contributed by atoms with E-state index in [4.69, 9.17) is 14.6 Å². The number of rotatable bonds is 7. The second kappa shape index (κ2) is 8.56. The Bertz CT molecular complexity index is 908. The molecule has 1 heterocycles. The molecule has 1 amide bonds. The molecular formula is C21H21NO6. The van der Waals surface area contributed by atoms with Crippen LogP contribution in [-0.2, 0) is 20.7 Å². The maximum atomic E-state index is 12.2. The minimum atomic E-state index is -0.973. The maximum absolute atomic E-state index is 12.2. The van der Waals surface area contributed by atoms with E-state index in [1.165, 1.54) is 0 Å². The van der Waals surface area contributed by atoms with Crippen LogP contribution in [0.2, 0.25) is 0 Å². The summed E-state index contributed by atoms with van der Waals surface area (Å²) in [5, 5.41) is 11.0. The number of carboxylic acids is 1. The largest absolute Gasteiger partial charge is 0.484 e. The second-order valence-electron chi connectivity index (χ2n) is 6.56. The van der Waals surface area contributed by atoms with E-state index in [1.54, 1.807) is 12.1 Å². The highest BCUT2D eigenvalue weighted by molar-refractivity contribution is 5.92. The van der Waals surface area contributed by atoms with Gasteiger partial charge in [0.25, 0.3) is 5.91 Å². The van der Waals surface area contributed by atoms with E-state index < -0.39 is 5.97 Å². The Balaban J connectivity index is 1.61. The molecule has 28 heavy (non-hydrogen) atoms. The molecule has 0 saturated carbocycles. The fraction of sp³-hybridized carbons (Fsp3) is 0.286. The molecule has 0 aromatic heterocycles. The molecule has 1 aliphatic rings. The smallest absolute Gasteiger partial charge is 0.339 e. The van der Waals surface area contributed by atoms with Crippen LogP contribution in [0.25, 0.3) is 0 Å². The number of aliphatic carboxylic acids is 1. The number of aryl methyl sites for hydroxylation is 1. The summed E-state index contributed by atoms with van der Waals surface area (Å²) in [5.41, 5.74) is 3.23. The van der Waals surface area contributed by atoms with Crippen molar-refractivity contribution in [3.05, 3.63) is 64.7 Å². The number of esters is 1. The van der Waals surface area contributed by atoms with Gasteiger partial charge in [0, 0.05) is 13.0 Å². The number of cyclic esters (lactones) is 1. The quantitative estimate of drug-likeness (QED) is 0.712. The van der Waals surface area contributed by atoms with E-state index in [0.29, 0.717) is 17.7 Å². The third-order valence-electron chi connectivity index (χ3n) is 4.48. The number of carboxylic acid groups (broad SMARTS) is 1. The molecule has 0 spiro atoms. The molecule has 1 atom stereocenters. The topological polar surface area (TPSA) is 102 Å². The number of amides is 1. The number of fused-ring (bicyclic) bond motifs is 1. The molecule has 146 valence electrons. The molecule has 1 aliphatic heterocycles. The van der Waals surface area contributed by atoms with E-state index in [-0.39, 0.29) is 37.6 Å². The van der Waals surface area contributed by atoms with Crippen molar-refractivity contribution in [3.63, 3.8) is 0 Å². The van der Waals surface area contributed by atoms with Gasteiger partial charge < -0.3 is 19.9 Å². The second-order valence-corrected chi connectivity index (χ2v) is 6.56. The maximum Gasteiger partial charge on any atom is 0.339 e. The van der Waals surface area contributed by atoms with Gasteiger partial charge in [0.1, 0.15) is 11.9 Å². The lowest BCUT2D eigenvalue weighted by atomic mass is 9.94. The van der Waals surface area contributed by atoms with Crippen molar-refractivity contribution in [2.45, 2.75) is 25.9 Å². The molecule has 2 N–H and O–H groups in total. The van der Waals surface area contributed by atoms with Crippen LogP contribution in [0.15, 0.2) is 42.5 Å². The zero-order valence-electron chi connectivity index (χ0n) is 15.4. The van der Waals surface area contributed by atoms with Crippen molar-refractivity contribution in [1.29, 1.82) is 0 Å². The van der Waals surface area contributed by atoms with Crippen LogP contribution in [0.3, 0.4) is 0 Å². The van der Waals surface area contributed by atoms with Gasteiger partial charge in [-0.15, -0.1) is 0 Å². The van der Waals surface area contributed by atoms with Crippen LogP contribution in [-0.4, -0.2) is 36.1 Å². The summed E-state index contributed by atoms with van der Waals surface area (Å²) < 4.78 is 11.1. The molecule has 0 bridgehead atoms. The van der Waals surface area contributed by atoms with Crippen LogP contribution in [0.4, 0.5) is 0 Å². The third kappa shape index (κ3) is 4.68. The molecule has 7 nitrogen and oxygen atoms in total. The first kappa shape index (κ1) is 19.4. The van der Waals surface area contributed by atoms with Gasteiger partial charge in [0.2, 0.25) is 0 Å². The summed E-state index contributed by atoms with van der Waals surface area (Å²) in [6.07, 6.45) is 0.102. The standard InChI is InChI=1S/C21H21NO6/c1-13-10-15(18-11-14-4-2-3-5-16(14)21(26)28-18)6-7-17(13)27-12-19(23)22-9-8-20(24)25/h2-7,10,18H,8-9,11-12H2,1H3,(H,22,23)(H,24,25)/t18-/m1/s1. The minimum Gasteiger partial charge on any atom is -0.484 e. The summed E-state index contributed by atoms with van der Waals surface area (Å²) in [6.45, 7) is 1.70. The number of carbonyl (C=O) groups excluding carboxylic acids is 2. The first-order valence-electron chi connectivity index (χ1n) is 8.95. The predicted molar refractivity (Wildman–Crippen MR) is 100 cm³/mol. The summed E-state index contributed by atoms with van der Waals surface area (Å²) in [5.74, 6) is -1.15. The highest BCUT2D eigenvalue weighted by atomic mass is 16.5. The first-order valence-corrected chi connectivity index (χ1v) is 8.95. The normalized spacial score (nSPS) is 15.3. The van der Waals surface area contributed by atoms with Crippen molar-refractivity contribution in [2.24, 2.45) is 0 Å². The van der Waals surface area contributed by atoms with E-state index >= 15 is 0 Å². The number of hydrogen-bond donors (Lipinski definition) is 2. The highest BCUT2D eigenvalue weighted by Gasteiger charge is 2.27. The summed E-state index contributed by atoms with van der Waals surface area (Å²) >= 11 is 0. The third-order valence-corrected chi connectivity index (χ3v) is 4.48. The van der Waals surface area contributed by atoms with E-state index in [1.807, 2.05) is 37.3 Å². The van der Waals surface area contributed by atoms with Crippen LogP contribution in [0.1, 0.15) is 39.6 Å². The lowest BCUT2D eigenvalue weighted by Gasteiger charge is -2.25. The first-order chi connectivity index (χ1) is 13.4. The molecule has 0 saturated heterocycles. The molecule has 2 aromatic rings. The lowest BCUT2D eigenvalue weighted by Crippen LogP contribution is -2.30. The fourth-order valence-corrected chi connectivity index (χ4v) is 3.06. The Kier molecular flexibility index (Phi) is 5.93. The minimum absolute atomic E-state index is 0.0595. The summed E-state index contributed by atoms with van der Waals surface area (Å²) in [6, 6.07) is 12.8. The molecule has 0 unspecified atom stereocenters. The SMILES string of the molecule is Cc1cc([C@H]2Cc3ccccc3C(=O)O2)ccc1OCC(=O)NCCC(=O)O. The number of benzene rings is 2. The number of nitrogens with one attached hydrogen (secondary N) is 1. The van der Waals surface area contributed by atoms with Crippen LogP contribution in [0.5, 0.6) is 5.75 Å². The zero-order chi connectivity index (χ0) is 20.1. The van der Waals surface area contributed by atoms with Gasteiger partial charge in [-0.3, -0.25) is 9.59 Å². The average molecular weight is 383 g/mol. The number of carbonyl (C=O) groups is 3. The fourth-order valence-electron chi connectivity index (χ4n) is 3.06. The van der Waals surface area contributed by atoms with Gasteiger partial charge in [-0.25, -0.2) is 4.79 Å². The van der Waals surface area contributed by atoms with Crippen molar-refractivity contribution in [2.75, 3.05) is 13.2 Å². The Morgan fingerprint density at radius 1 is 1.25 bits per heavy atom. The highest BCUT2D eigenvalue weighted by Crippen LogP contribution is 2.32. The van der Waals surface area contributed by atoms with Crippen LogP contribution < -0.4 is 10.1 Å². The Labute approximate surface area is 162 Å². The molecule has 0 fully saturated rings. The van der Waals surface area contributed by atoms with E-state index in [0.717, 1.165) is 16.7 Å². The zero-order valence-corrected chi connectivity index (χ0v) is 15.4. The van der Waals surface area contributed by atoms with Gasteiger partial charge in [-0.2, -0.15) is 0 Å². The Hall–Kier alpha value is -3.35. The van der Waals surface area contributed by atoms with Crippen molar-refractivity contribution in [3.8, 4) is 5.75 Å². The molecule has 0 radical (unpaired) electrons. The summed E-state index contributed by atoms with van der Waals surface area (Å²) in [4.78, 5) is 34.3. The van der Waals surface area contributed by atoms with Crippen LogP contribution >= 0.6 is 0 Å². The van der Waals surface area contributed by atoms with Crippen molar-refractivity contribution < 1.29 is 29.0 Å².